The Kier molecular flexibility index (Phi) is 6.25. The Morgan fingerprint density at radius 1 is 1.18 bits per heavy atom. The van der Waals surface area contributed by atoms with Crippen molar-refractivity contribution in [2.75, 3.05) is 13.6 Å². The van der Waals surface area contributed by atoms with Gasteiger partial charge in [0.05, 0.1) is 0 Å². The number of hydrogen-bond donors (Lipinski definition) is 1. The zero-order chi connectivity index (χ0) is 15.8. The van der Waals surface area contributed by atoms with Gasteiger partial charge in [-0.2, -0.15) is 0 Å². The number of amides is 2. The maximum Gasteiger partial charge on any atom is 0.410 e. The van der Waals surface area contributed by atoms with E-state index in [1.54, 1.807) is 7.05 Å². The normalized spacial score (nSPS) is 15.1. The summed E-state index contributed by atoms with van der Waals surface area (Å²) in [6.07, 6.45) is 5.17. The maximum absolute atomic E-state index is 11.9. The van der Waals surface area contributed by atoms with E-state index in [1.165, 1.54) is 24.2 Å². The van der Waals surface area contributed by atoms with E-state index in [2.05, 4.69) is 5.32 Å². The molecule has 0 aromatic heterocycles. The summed E-state index contributed by atoms with van der Waals surface area (Å²) in [6.45, 7) is 0.248. The second-order valence-electron chi connectivity index (χ2n) is 5.80. The fourth-order valence-electron chi connectivity index (χ4n) is 2.63. The third kappa shape index (κ3) is 5.39. The van der Waals surface area contributed by atoms with Crippen molar-refractivity contribution in [1.29, 1.82) is 0 Å². The van der Waals surface area contributed by atoms with Gasteiger partial charge >= 0.3 is 6.09 Å². The first-order chi connectivity index (χ1) is 10.6. The van der Waals surface area contributed by atoms with E-state index in [0.717, 1.165) is 18.4 Å². The zero-order valence-corrected chi connectivity index (χ0v) is 13.1. The Bertz CT molecular complexity index is 484. The van der Waals surface area contributed by atoms with Gasteiger partial charge in [-0.05, 0) is 18.4 Å². The van der Waals surface area contributed by atoms with E-state index in [1.807, 2.05) is 30.3 Å². The Labute approximate surface area is 131 Å². The highest BCUT2D eigenvalue weighted by molar-refractivity contribution is 5.82. The van der Waals surface area contributed by atoms with Crippen LogP contribution in [0.1, 0.15) is 37.7 Å². The predicted molar refractivity (Wildman–Crippen MR) is 84.3 cm³/mol. The highest BCUT2D eigenvalue weighted by Gasteiger charge is 2.18. The van der Waals surface area contributed by atoms with Crippen molar-refractivity contribution < 1.29 is 14.3 Å². The molecule has 2 amide bonds. The molecular formula is C17H24N2O3. The van der Waals surface area contributed by atoms with Crippen molar-refractivity contribution in [2.24, 2.45) is 0 Å². The number of hydrogen-bond acceptors (Lipinski definition) is 3. The molecule has 1 saturated carbocycles. The maximum atomic E-state index is 11.9. The minimum atomic E-state index is -0.484. The number of ether oxygens (including phenoxy) is 1. The van der Waals surface area contributed by atoms with Gasteiger partial charge in [0.15, 0.2) is 0 Å². The van der Waals surface area contributed by atoms with Gasteiger partial charge in [0.25, 0.3) is 0 Å². The summed E-state index contributed by atoms with van der Waals surface area (Å²) in [4.78, 5) is 25.1. The third-order valence-corrected chi connectivity index (χ3v) is 3.87. The molecule has 1 aliphatic carbocycles. The van der Waals surface area contributed by atoms with Crippen molar-refractivity contribution in [3.05, 3.63) is 35.9 Å². The van der Waals surface area contributed by atoms with Crippen molar-refractivity contribution in [1.82, 2.24) is 10.2 Å². The molecule has 1 aliphatic rings. The van der Waals surface area contributed by atoms with Crippen LogP contribution in [-0.2, 0) is 16.1 Å². The van der Waals surface area contributed by atoms with Crippen LogP contribution in [0.15, 0.2) is 30.3 Å². The molecule has 2 rings (SSSR count). The molecule has 1 aromatic carbocycles. The predicted octanol–water partition coefficient (Wildman–Crippen LogP) is 2.70. The number of likely N-dealkylation sites (N-methyl/N-ethyl adjacent to an activating group) is 1. The van der Waals surface area contributed by atoms with E-state index in [0.29, 0.717) is 0 Å². The topological polar surface area (TPSA) is 58.6 Å². The Morgan fingerprint density at radius 2 is 1.86 bits per heavy atom. The van der Waals surface area contributed by atoms with Crippen LogP contribution in [0.3, 0.4) is 0 Å². The summed E-state index contributed by atoms with van der Waals surface area (Å²) in [5.74, 6) is -0.119. The summed E-state index contributed by atoms with van der Waals surface area (Å²) in [5, 5.41) is 2.99. The molecule has 5 heteroatoms. The minimum absolute atomic E-state index is 0.0319. The molecule has 0 unspecified atom stereocenters. The van der Waals surface area contributed by atoms with Crippen LogP contribution in [0, 0.1) is 0 Å². The molecular weight excluding hydrogens is 280 g/mol. The van der Waals surface area contributed by atoms with Crippen LogP contribution in [0.25, 0.3) is 0 Å². The van der Waals surface area contributed by atoms with E-state index in [-0.39, 0.29) is 25.1 Å². The van der Waals surface area contributed by atoms with E-state index in [4.69, 9.17) is 4.74 Å². The molecule has 0 radical (unpaired) electrons. The largest absolute Gasteiger partial charge is 0.445 e. The number of nitrogens with zero attached hydrogens (tertiary/aromatic N) is 1. The molecule has 0 heterocycles. The Balaban J connectivity index is 1.69. The Morgan fingerprint density at radius 3 is 2.55 bits per heavy atom. The van der Waals surface area contributed by atoms with Gasteiger partial charge in [-0.15, -0.1) is 0 Å². The summed E-state index contributed by atoms with van der Waals surface area (Å²) in [7, 11) is 1.58. The number of benzene rings is 1. The van der Waals surface area contributed by atoms with Crippen LogP contribution in [0.4, 0.5) is 4.79 Å². The van der Waals surface area contributed by atoms with Gasteiger partial charge in [0.1, 0.15) is 13.2 Å². The molecule has 120 valence electrons. The van der Waals surface area contributed by atoms with Gasteiger partial charge < -0.3 is 15.0 Å². The summed E-state index contributed by atoms with van der Waals surface area (Å²) in [6, 6.07) is 9.74. The van der Waals surface area contributed by atoms with Crippen LogP contribution < -0.4 is 5.32 Å². The number of carbonyl (C=O) groups excluding carboxylic acids is 2. The van der Waals surface area contributed by atoms with Crippen molar-refractivity contribution in [3.8, 4) is 0 Å². The lowest BCUT2D eigenvalue weighted by Crippen LogP contribution is -2.43. The van der Waals surface area contributed by atoms with Gasteiger partial charge in [-0.1, -0.05) is 49.6 Å². The standard InChI is InChI=1S/C17H24N2O3/c1-19(12-16(20)18-15-10-6-3-7-11-15)17(21)22-13-14-8-4-2-5-9-14/h2,4-5,8-9,15H,3,6-7,10-13H2,1H3,(H,18,20). The highest BCUT2D eigenvalue weighted by atomic mass is 16.6. The van der Waals surface area contributed by atoms with Gasteiger partial charge in [0, 0.05) is 13.1 Å². The van der Waals surface area contributed by atoms with Gasteiger partial charge in [-0.3, -0.25) is 4.79 Å². The summed E-state index contributed by atoms with van der Waals surface area (Å²) >= 11 is 0. The van der Waals surface area contributed by atoms with E-state index < -0.39 is 6.09 Å². The summed E-state index contributed by atoms with van der Waals surface area (Å²) < 4.78 is 5.19. The first-order valence-corrected chi connectivity index (χ1v) is 7.86. The molecule has 1 N–H and O–H groups in total. The second-order valence-corrected chi connectivity index (χ2v) is 5.80. The zero-order valence-electron chi connectivity index (χ0n) is 13.1. The number of nitrogens with one attached hydrogen (secondary N) is 1. The second kappa shape index (κ2) is 8.41. The smallest absolute Gasteiger partial charge is 0.410 e. The first-order valence-electron chi connectivity index (χ1n) is 7.86. The number of rotatable bonds is 5. The molecule has 0 bridgehead atoms. The van der Waals surface area contributed by atoms with Crippen LogP contribution >= 0.6 is 0 Å². The molecule has 0 spiro atoms. The molecule has 22 heavy (non-hydrogen) atoms. The molecule has 1 aromatic rings. The molecule has 0 saturated heterocycles. The molecule has 0 atom stereocenters. The van der Waals surface area contributed by atoms with Crippen LogP contribution in [0.5, 0.6) is 0 Å². The van der Waals surface area contributed by atoms with E-state index in [9.17, 15) is 9.59 Å². The van der Waals surface area contributed by atoms with Gasteiger partial charge in [-0.25, -0.2) is 4.79 Å². The minimum Gasteiger partial charge on any atom is -0.445 e. The monoisotopic (exact) mass is 304 g/mol. The fraction of sp³-hybridized carbons (Fsp3) is 0.529. The van der Waals surface area contributed by atoms with Crippen molar-refractivity contribution >= 4 is 12.0 Å². The fourth-order valence-corrected chi connectivity index (χ4v) is 2.63. The highest BCUT2D eigenvalue weighted by Crippen LogP contribution is 2.17. The van der Waals surface area contributed by atoms with Crippen LogP contribution in [-0.4, -0.2) is 36.5 Å². The lowest BCUT2D eigenvalue weighted by atomic mass is 9.95. The van der Waals surface area contributed by atoms with Gasteiger partial charge in [0.2, 0.25) is 5.91 Å². The number of carbonyl (C=O) groups is 2. The van der Waals surface area contributed by atoms with E-state index >= 15 is 0 Å². The molecule has 0 aliphatic heterocycles. The average molecular weight is 304 g/mol. The SMILES string of the molecule is CN(CC(=O)NC1CCCCC1)C(=O)OCc1ccccc1. The van der Waals surface area contributed by atoms with Crippen molar-refractivity contribution in [3.63, 3.8) is 0 Å². The Hall–Kier alpha value is -2.04. The molecule has 5 nitrogen and oxygen atoms in total. The third-order valence-electron chi connectivity index (χ3n) is 3.87. The van der Waals surface area contributed by atoms with Crippen LogP contribution in [0.2, 0.25) is 0 Å². The quantitative estimate of drug-likeness (QED) is 0.910. The molecule has 1 fully saturated rings. The first kappa shape index (κ1) is 16.3. The average Bonchev–Trinajstić information content (AvgIpc) is 2.54. The lowest BCUT2D eigenvalue weighted by Gasteiger charge is -2.24. The van der Waals surface area contributed by atoms with Crippen molar-refractivity contribution in [2.45, 2.75) is 44.8 Å². The lowest BCUT2D eigenvalue weighted by molar-refractivity contribution is -0.122. The summed E-state index contributed by atoms with van der Waals surface area (Å²) in [5.41, 5.74) is 0.927.